The van der Waals surface area contributed by atoms with Gasteiger partial charge in [0.25, 0.3) is 0 Å². The van der Waals surface area contributed by atoms with Crippen molar-refractivity contribution in [2.75, 3.05) is 26.2 Å². The minimum atomic E-state index is 0.594. The van der Waals surface area contributed by atoms with E-state index in [9.17, 15) is 0 Å². The van der Waals surface area contributed by atoms with Crippen molar-refractivity contribution in [1.82, 2.24) is 10.6 Å². The van der Waals surface area contributed by atoms with Crippen molar-refractivity contribution in [1.29, 1.82) is 0 Å². The minimum Gasteiger partial charge on any atom is -0.303 e. The van der Waals surface area contributed by atoms with Crippen molar-refractivity contribution in [3.8, 4) is 0 Å². The summed E-state index contributed by atoms with van der Waals surface area (Å²) in [5.41, 5.74) is 6.99. The van der Waals surface area contributed by atoms with E-state index >= 15 is 0 Å². The summed E-state index contributed by atoms with van der Waals surface area (Å²) >= 11 is 0. The zero-order chi connectivity index (χ0) is 7.23. The molecule has 1 radical (unpaired) electrons. The molecule has 1 N–H and O–H groups in total. The highest BCUT2D eigenvalue weighted by Crippen LogP contribution is 2.07. The average Bonchev–Trinajstić information content (AvgIpc) is 2.03. The molecule has 10 heavy (non-hydrogen) atoms. The molecule has 2 heteroatoms. The molecule has 0 aromatic carbocycles. The van der Waals surface area contributed by atoms with Crippen LogP contribution in [0.25, 0.3) is 0 Å². The van der Waals surface area contributed by atoms with Gasteiger partial charge in [0.2, 0.25) is 0 Å². The monoisotopic (exact) mass is 141 g/mol. The lowest BCUT2D eigenvalue weighted by Crippen LogP contribution is -2.30. The minimum absolute atomic E-state index is 0.594. The first-order chi connectivity index (χ1) is 4.93. The third-order valence-corrected chi connectivity index (χ3v) is 2.10. The van der Waals surface area contributed by atoms with Crippen molar-refractivity contribution in [2.45, 2.75) is 25.7 Å². The standard InChI is InChI=1S/C8H17N2/c9-5-4-8-10-6-2-1-3-7-10/h9H,1-8H2. The Labute approximate surface area is 63.4 Å². The number of nitrogens with one attached hydrogen (secondary N) is 1. The van der Waals surface area contributed by atoms with Gasteiger partial charge >= 0.3 is 0 Å². The van der Waals surface area contributed by atoms with Gasteiger partial charge in [-0.25, -0.2) is 0 Å². The average molecular weight is 141 g/mol. The summed E-state index contributed by atoms with van der Waals surface area (Å²) in [5, 5.41) is 0. The molecule has 0 amide bonds. The zero-order valence-electron chi connectivity index (χ0n) is 6.60. The Morgan fingerprint density at radius 1 is 1.10 bits per heavy atom. The van der Waals surface area contributed by atoms with Gasteiger partial charge in [0.05, 0.1) is 0 Å². The summed E-state index contributed by atoms with van der Waals surface area (Å²) in [5.74, 6) is 0. The quantitative estimate of drug-likeness (QED) is 0.579. The first kappa shape index (κ1) is 8.02. The summed E-state index contributed by atoms with van der Waals surface area (Å²) in [7, 11) is 0. The molecule has 59 valence electrons. The van der Waals surface area contributed by atoms with Crippen LogP contribution in [0.2, 0.25) is 0 Å². The molecule has 1 saturated heterocycles. The van der Waals surface area contributed by atoms with Gasteiger partial charge in [0.15, 0.2) is 0 Å². The molecule has 0 spiro atoms. The molecular weight excluding hydrogens is 124 g/mol. The van der Waals surface area contributed by atoms with Crippen molar-refractivity contribution >= 4 is 0 Å². The van der Waals surface area contributed by atoms with E-state index in [1.54, 1.807) is 0 Å². The highest BCUT2D eigenvalue weighted by Gasteiger charge is 2.07. The fourth-order valence-electron chi connectivity index (χ4n) is 1.49. The first-order valence-electron chi connectivity index (χ1n) is 4.30. The Kier molecular flexibility index (Phi) is 3.76. The van der Waals surface area contributed by atoms with Crippen molar-refractivity contribution < 1.29 is 0 Å². The lowest BCUT2D eigenvalue weighted by atomic mass is 10.1. The van der Waals surface area contributed by atoms with Crippen LogP contribution in [-0.4, -0.2) is 31.1 Å². The predicted molar refractivity (Wildman–Crippen MR) is 42.9 cm³/mol. The number of hydrogen-bond donors (Lipinski definition) is 0. The molecule has 0 aliphatic carbocycles. The van der Waals surface area contributed by atoms with Crippen LogP contribution in [0, 0.1) is 0 Å². The fraction of sp³-hybridized carbons (Fsp3) is 1.00. The lowest BCUT2D eigenvalue weighted by Gasteiger charge is -2.25. The van der Waals surface area contributed by atoms with Crippen LogP contribution in [0.3, 0.4) is 0 Å². The summed E-state index contributed by atoms with van der Waals surface area (Å²) in [6.45, 7) is 4.31. The summed E-state index contributed by atoms with van der Waals surface area (Å²) in [6.07, 6.45) is 5.22. The maximum Gasteiger partial charge on any atom is 0.0112 e. The largest absolute Gasteiger partial charge is 0.303 e. The Hall–Kier alpha value is -0.0800. The summed E-state index contributed by atoms with van der Waals surface area (Å²) in [6, 6.07) is 0. The maximum absolute atomic E-state index is 6.99. The Morgan fingerprint density at radius 3 is 2.40 bits per heavy atom. The van der Waals surface area contributed by atoms with E-state index in [0.29, 0.717) is 6.54 Å². The third-order valence-electron chi connectivity index (χ3n) is 2.10. The molecule has 1 rings (SSSR count). The SMILES string of the molecule is [NH]CCCN1CCCCC1. The van der Waals surface area contributed by atoms with Crippen LogP contribution in [0.1, 0.15) is 25.7 Å². The zero-order valence-corrected chi connectivity index (χ0v) is 6.60. The normalized spacial score (nSPS) is 21.3. The number of rotatable bonds is 3. The lowest BCUT2D eigenvalue weighted by molar-refractivity contribution is 0.227. The number of hydrogen-bond acceptors (Lipinski definition) is 1. The number of likely N-dealkylation sites (tertiary alicyclic amines) is 1. The van der Waals surface area contributed by atoms with Crippen LogP contribution >= 0.6 is 0 Å². The van der Waals surface area contributed by atoms with Gasteiger partial charge in [-0.2, -0.15) is 0 Å². The second-order valence-electron chi connectivity index (χ2n) is 3.01. The van der Waals surface area contributed by atoms with Crippen LogP contribution in [0.15, 0.2) is 0 Å². The molecule has 0 atom stereocenters. The van der Waals surface area contributed by atoms with Crippen molar-refractivity contribution in [2.24, 2.45) is 0 Å². The fourth-order valence-corrected chi connectivity index (χ4v) is 1.49. The molecular formula is C8H17N2. The second kappa shape index (κ2) is 4.69. The van der Waals surface area contributed by atoms with Gasteiger partial charge in [-0.1, -0.05) is 6.42 Å². The van der Waals surface area contributed by atoms with E-state index in [1.807, 2.05) is 0 Å². The van der Waals surface area contributed by atoms with E-state index in [2.05, 4.69) is 4.90 Å². The van der Waals surface area contributed by atoms with E-state index in [1.165, 1.54) is 32.4 Å². The summed E-state index contributed by atoms with van der Waals surface area (Å²) < 4.78 is 0. The van der Waals surface area contributed by atoms with Crippen molar-refractivity contribution in [3.63, 3.8) is 0 Å². The first-order valence-corrected chi connectivity index (χ1v) is 4.30. The molecule has 0 aromatic heterocycles. The third kappa shape index (κ3) is 2.67. The Morgan fingerprint density at radius 2 is 1.80 bits per heavy atom. The van der Waals surface area contributed by atoms with E-state index in [4.69, 9.17) is 5.73 Å². The molecule has 1 aliphatic rings. The summed E-state index contributed by atoms with van der Waals surface area (Å²) in [4.78, 5) is 2.48. The topological polar surface area (TPSA) is 27.0 Å². The molecule has 2 nitrogen and oxygen atoms in total. The Balaban J connectivity index is 2.02. The molecule has 0 aromatic rings. The number of nitrogens with zero attached hydrogens (tertiary/aromatic N) is 1. The molecule has 1 fully saturated rings. The molecule has 0 bridgehead atoms. The van der Waals surface area contributed by atoms with Crippen LogP contribution in [-0.2, 0) is 0 Å². The van der Waals surface area contributed by atoms with Gasteiger partial charge in [-0.3, -0.25) is 5.73 Å². The molecule has 1 heterocycles. The van der Waals surface area contributed by atoms with Gasteiger partial charge in [0.1, 0.15) is 0 Å². The van der Waals surface area contributed by atoms with Gasteiger partial charge in [-0.15, -0.1) is 0 Å². The van der Waals surface area contributed by atoms with Crippen LogP contribution < -0.4 is 5.73 Å². The predicted octanol–water partition coefficient (Wildman–Crippen LogP) is 1.15. The maximum atomic E-state index is 6.99. The highest BCUT2D eigenvalue weighted by atomic mass is 15.1. The van der Waals surface area contributed by atoms with Crippen LogP contribution in [0.4, 0.5) is 0 Å². The highest BCUT2D eigenvalue weighted by molar-refractivity contribution is 4.63. The molecule has 0 saturated carbocycles. The molecule has 0 unspecified atom stereocenters. The van der Waals surface area contributed by atoms with Gasteiger partial charge in [-0.05, 0) is 38.9 Å². The van der Waals surface area contributed by atoms with E-state index in [-0.39, 0.29) is 0 Å². The smallest absolute Gasteiger partial charge is 0.0112 e. The molecule has 1 aliphatic heterocycles. The van der Waals surface area contributed by atoms with Gasteiger partial charge in [0, 0.05) is 6.54 Å². The Bertz CT molecular complexity index is 77.3. The number of piperidine rings is 1. The van der Waals surface area contributed by atoms with E-state index < -0.39 is 0 Å². The second-order valence-corrected chi connectivity index (χ2v) is 3.01. The van der Waals surface area contributed by atoms with Crippen molar-refractivity contribution in [3.05, 3.63) is 0 Å². The van der Waals surface area contributed by atoms with Crippen LogP contribution in [0.5, 0.6) is 0 Å². The van der Waals surface area contributed by atoms with E-state index in [0.717, 1.165) is 13.0 Å². The van der Waals surface area contributed by atoms with Gasteiger partial charge < -0.3 is 4.90 Å².